The lowest BCUT2D eigenvalue weighted by Crippen LogP contribution is -2.34. The molecule has 0 saturated heterocycles. The minimum Gasteiger partial charge on any atom is -0.350 e. The van der Waals surface area contributed by atoms with Gasteiger partial charge in [-0.25, -0.2) is 9.36 Å². The molecule has 7 heteroatoms. The van der Waals surface area contributed by atoms with E-state index < -0.39 is 0 Å². The van der Waals surface area contributed by atoms with Crippen LogP contribution >= 0.6 is 0 Å². The molecule has 4 rings (SSSR count). The summed E-state index contributed by atoms with van der Waals surface area (Å²) in [6.07, 6.45) is 1.63. The van der Waals surface area contributed by atoms with Crippen molar-refractivity contribution in [3.05, 3.63) is 88.5 Å². The van der Waals surface area contributed by atoms with Crippen molar-refractivity contribution >= 4 is 16.8 Å². The van der Waals surface area contributed by atoms with Crippen LogP contribution in [-0.4, -0.2) is 25.5 Å². The lowest BCUT2D eigenvalue weighted by molar-refractivity contribution is -0.122. The molecule has 28 heavy (non-hydrogen) atoms. The number of benzene rings is 2. The summed E-state index contributed by atoms with van der Waals surface area (Å²) in [6.45, 7) is 2.05. The van der Waals surface area contributed by atoms with Gasteiger partial charge in [0.2, 0.25) is 5.91 Å². The maximum atomic E-state index is 13.0. The van der Waals surface area contributed by atoms with Crippen molar-refractivity contribution in [2.75, 3.05) is 0 Å². The summed E-state index contributed by atoms with van der Waals surface area (Å²) in [6, 6.07) is 19.0. The molecule has 2 heterocycles. The average Bonchev–Trinajstić information content (AvgIpc) is 3.18. The molecule has 1 N–H and O–H groups in total. The fourth-order valence-electron chi connectivity index (χ4n) is 3.08. The molecule has 0 atom stereocenters. The first-order valence-electron chi connectivity index (χ1n) is 8.95. The van der Waals surface area contributed by atoms with Crippen LogP contribution in [0.4, 0.5) is 0 Å². The van der Waals surface area contributed by atoms with E-state index in [-0.39, 0.29) is 18.0 Å². The molecule has 1 amide bonds. The summed E-state index contributed by atoms with van der Waals surface area (Å²) < 4.78 is 2.78. The Labute approximate surface area is 161 Å². The Morgan fingerprint density at radius 1 is 1.04 bits per heavy atom. The lowest BCUT2D eigenvalue weighted by atomic mass is 10.2. The molecule has 4 aromatic rings. The van der Waals surface area contributed by atoms with E-state index >= 15 is 0 Å². The smallest absolute Gasteiger partial charge is 0.293 e. The third-order valence-electron chi connectivity index (χ3n) is 4.49. The molecule has 2 aromatic carbocycles. The molecule has 0 fully saturated rings. The highest BCUT2D eigenvalue weighted by Gasteiger charge is 2.16. The highest BCUT2D eigenvalue weighted by Crippen LogP contribution is 2.16. The fourth-order valence-corrected chi connectivity index (χ4v) is 3.08. The molecule has 140 valence electrons. The number of rotatable bonds is 5. The van der Waals surface area contributed by atoms with Gasteiger partial charge >= 0.3 is 0 Å². The molecule has 0 aliphatic rings. The number of aryl methyl sites for hydroxylation is 1. The molecule has 2 aromatic heterocycles. The number of nitrogens with zero attached hydrogens (tertiary/aromatic N) is 4. The first kappa shape index (κ1) is 17.7. The van der Waals surface area contributed by atoms with Gasteiger partial charge in [0, 0.05) is 11.9 Å². The molecule has 0 spiro atoms. The number of aromatic nitrogens is 4. The first-order chi connectivity index (χ1) is 13.6. The Morgan fingerprint density at radius 3 is 2.43 bits per heavy atom. The topological polar surface area (TPSA) is 81.8 Å². The molecular formula is C21H19N5O2. The molecule has 0 radical (unpaired) electrons. The average molecular weight is 373 g/mol. The van der Waals surface area contributed by atoms with Crippen LogP contribution in [0, 0.1) is 6.92 Å². The fraction of sp³-hybridized carbons (Fsp3) is 0.143. The third kappa shape index (κ3) is 3.42. The van der Waals surface area contributed by atoms with Gasteiger partial charge in [-0.1, -0.05) is 48.5 Å². The minimum absolute atomic E-state index is 0.150. The van der Waals surface area contributed by atoms with E-state index in [2.05, 4.69) is 15.5 Å². The third-order valence-corrected chi connectivity index (χ3v) is 4.49. The van der Waals surface area contributed by atoms with Crippen LogP contribution < -0.4 is 10.9 Å². The Balaban J connectivity index is 1.63. The van der Waals surface area contributed by atoms with E-state index in [0.29, 0.717) is 23.1 Å². The van der Waals surface area contributed by atoms with E-state index in [1.54, 1.807) is 17.8 Å². The van der Waals surface area contributed by atoms with Gasteiger partial charge in [0.05, 0.1) is 17.6 Å². The SMILES string of the molecule is Cc1nn(CC(=O)NCc2ccccc2)c(=O)c2c1cnn2-c1ccccc1. The number of nitrogens with one attached hydrogen (secondary N) is 1. The first-order valence-corrected chi connectivity index (χ1v) is 8.95. The zero-order chi connectivity index (χ0) is 19.5. The molecule has 0 bridgehead atoms. The van der Waals surface area contributed by atoms with E-state index in [9.17, 15) is 9.59 Å². The number of carbonyl (C=O) groups is 1. The van der Waals surface area contributed by atoms with Crippen LogP contribution in [0.15, 0.2) is 71.7 Å². The van der Waals surface area contributed by atoms with Crippen LogP contribution in [-0.2, 0) is 17.9 Å². The highest BCUT2D eigenvalue weighted by molar-refractivity contribution is 5.82. The molecular weight excluding hydrogens is 354 g/mol. The van der Waals surface area contributed by atoms with Gasteiger partial charge in [-0.3, -0.25) is 9.59 Å². The summed E-state index contributed by atoms with van der Waals surface area (Å²) >= 11 is 0. The van der Waals surface area contributed by atoms with Crippen molar-refractivity contribution in [2.45, 2.75) is 20.0 Å². The lowest BCUT2D eigenvalue weighted by Gasteiger charge is -2.09. The Hall–Kier alpha value is -3.74. The summed E-state index contributed by atoms with van der Waals surface area (Å²) in [5.74, 6) is -0.275. The molecule has 0 aliphatic carbocycles. The van der Waals surface area contributed by atoms with Crippen LogP contribution in [0.3, 0.4) is 0 Å². The number of para-hydroxylation sites is 1. The molecule has 0 saturated carbocycles. The number of hydrogen-bond acceptors (Lipinski definition) is 4. The van der Waals surface area contributed by atoms with E-state index in [1.165, 1.54) is 4.68 Å². The van der Waals surface area contributed by atoms with Gasteiger partial charge in [-0.2, -0.15) is 10.2 Å². The van der Waals surface area contributed by atoms with E-state index in [4.69, 9.17) is 0 Å². The van der Waals surface area contributed by atoms with Crippen LogP contribution in [0.1, 0.15) is 11.3 Å². The van der Waals surface area contributed by atoms with E-state index in [0.717, 1.165) is 11.3 Å². The Bertz CT molecular complexity index is 1180. The van der Waals surface area contributed by atoms with Gasteiger partial charge in [0.1, 0.15) is 12.1 Å². The maximum Gasteiger partial charge on any atom is 0.293 e. The zero-order valence-corrected chi connectivity index (χ0v) is 15.4. The monoisotopic (exact) mass is 373 g/mol. The largest absolute Gasteiger partial charge is 0.350 e. The predicted molar refractivity (Wildman–Crippen MR) is 106 cm³/mol. The van der Waals surface area contributed by atoms with Gasteiger partial charge in [0.15, 0.2) is 0 Å². The summed E-state index contributed by atoms with van der Waals surface area (Å²) in [7, 11) is 0. The number of amides is 1. The van der Waals surface area contributed by atoms with Gasteiger partial charge in [-0.15, -0.1) is 0 Å². The number of hydrogen-bond donors (Lipinski definition) is 1. The van der Waals surface area contributed by atoms with Gasteiger partial charge < -0.3 is 5.32 Å². The van der Waals surface area contributed by atoms with Crippen molar-refractivity contribution in [1.29, 1.82) is 0 Å². The molecule has 0 unspecified atom stereocenters. The number of carbonyl (C=O) groups excluding carboxylic acids is 1. The minimum atomic E-state index is -0.350. The van der Waals surface area contributed by atoms with Crippen molar-refractivity contribution in [3.8, 4) is 5.69 Å². The number of fused-ring (bicyclic) bond motifs is 1. The molecule has 7 nitrogen and oxygen atoms in total. The van der Waals surface area contributed by atoms with Crippen molar-refractivity contribution in [2.24, 2.45) is 0 Å². The second-order valence-electron chi connectivity index (χ2n) is 6.46. The maximum absolute atomic E-state index is 13.0. The van der Waals surface area contributed by atoms with Gasteiger partial charge in [0.25, 0.3) is 5.56 Å². The summed E-state index contributed by atoms with van der Waals surface area (Å²) in [4.78, 5) is 25.4. The second-order valence-corrected chi connectivity index (χ2v) is 6.46. The normalized spacial score (nSPS) is 10.9. The van der Waals surface area contributed by atoms with Crippen molar-refractivity contribution in [1.82, 2.24) is 24.9 Å². The quantitative estimate of drug-likeness (QED) is 0.581. The van der Waals surface area contributed by atoms with Gasteiger partial charge in [-0.05, 0) is 24.6 Å². The highest BCUT2D eigenvalue weighted by atomic mass is 16.2. The van der Waals surface area contributed by atoms with Crippen LogP contribution in [0.25, 0.3) is 16.6 Å². The van der Waals surface area contributed by atoms with Crippen molar-refractivity contribution in [3.63, 3.8) is 0 Å². The van der Waals surface area contributed by atoms with Crippen molar-refractivity contribution < 1.29 is 4.79 Å². The zero-order valence-electron chi connectivity index (χ0n) is 15.4. The predicted octanol–water partition coefficient (Wildman–Crippen LogP) is 2.21. The Morgan fingerprint density at radius 2 is 1.71 bits per heavy atom. The standard InChI is InChI=1S/C21H19N5O2/c1-15-18-13-23-26(17-10-6-3-7-11-17)20(18)21(28)25(24-15)14-19(27)22-12-16-8-4-2-5-9-16/h2-11,13H,12,14H2,1H3,(H,22,27). The summed E-state index contributed by atoms with van der Waals surface area (Å²) in [5, 5.41) is 12.1. The van der Waals surface area contributed by atoms with Crippen LogP contribution in [0.2, 0.25) is 0 Å². The second kappa shape index (κ2) is 7.48. The Kier molecular flexibility index (Phi) is 4.72. The summed E-state index contributed by atoms with van der Waals surface area (Å²) in [5.41, 5.74) is 2.48. The van der Waals surface area contributed by atoms with Crippen LogP contribution in [0.5, 0.6) is 0 Å². The molecule has 0 aliphatic heterocycles. The van der Waals surface area contributed by atoms with E-state index in [1.807, 2.05) is 60.7 Å².